The van der Waals surface area contributed by atoms with Gasteiger partial charge in [-0.25, -0.2) is 0 Å². The molecule has 0 fully saturated rings. The zero-order valence-electron chi connectivity index (χ0n) is 22.5. The van der Waals surface area contributed by atoms with Crippen LogP contribution in [-0.2, 0) is 0 Å². The van der Waals surface area contributed by atoms with Gasteiger partial charge in [-0.05, 0) is 34.3 Å². The molecule has 2 aromatic rings. The zero-order chi connectivity index (χ0) is 27.6. The summed E-state index contributed by atoms with van der Waals surface area (Å²) >= 11 is 0. The minimum Gasteiger partial charge on any atom is -0.508 e. The molecule has 0 heterocycles. The van der Waals surface area contributed by atoms with Gasteiger partial charge in [-0.2, -0.15) is 0 Å². The van der Waals surface area contributed by atoms with E-state index in [0.717, 1.165) is 0 Å². The molecule has 2 N–H and O–H groups in total. The van der Waals surface area contributed by atoms with Crippen molar-refractivity contribution in [2.24, 2.45) is 0 Å². The van der Waals surface area contributed by atoms with Crippen LogP contribution >= 0.6 is 0 Å². The first-order valence-electron chi connectivity index (χ1n) is 11.5. The monoisotopic (exact) mass is 517 g/mol. The highest BCUT2D eigenvalue weighted by Gasteiger charge is 2.45. The fourth-order valence-electron chi connectivity index (χ4n) is 2.89. The van der Waals surface area contributed by atoms with Gasteiger partial charge in [-0.3, -0.25) is 14.9 Å². The van der Waals surface area contributed by atoms with Gasteiger partial charge in [0.1, 0.15) is 38.5 Å². The number of benzene rings is 2. The molecule has 0 aliphatic carbocycles. The van der Waals surface area contributed by atoms with Crippen molar-refractivity contribution in [3.63, 3.8) is 0 Å². The molecule has 0 spiro atoms. The van der Waals surface area contributed by atoms with E-state index in [1.165, 1.54) is 18.2 Å². The Labute approximate surface area is 210 Å². The van der Waals surface area contributed by atoms with Crippen molar-refractivity contribution >= 4 is 32.6 Å². The third-order valence-electron chi connectivity index (χ3n) is 7.42. The Morgan fingerprint density at radius 3 is 1.66 bits per heavy atom. The van der Waals surface area contributed by atoms with Crippen molar-refractivity contribution in [2.45, 2.75) is 77.8 Å². The molecule has 0 saturated carbocycles. The molecular formula is C26H39NO6Si2. The largest absolute Gasteiger partial charge is 0.508 e. The second kappa shape index (κ2) is 10.5. The van der Waals surface area contributed by atoms with Gasteiger partial charge in [0.2, 0.25) is 0 Å². The minimum absolute atomic E-state index is 0.0107. The van der Waals surface area contributed by atoms with Crippen molar-refractivity contribution < 1.29 is 24.7 Å². The molecule has 7 nitrogen and oxygen atoms in total. The Morgan fingerprint density at radius 1 is 0.771 bits per heavy atom. The molecule has 2 rings (SSSR count). The van der Waals surface area contributed by atoms with Crippen LogP contribution in [0.2, 0.25) is 36.3 Å². The van der Waals surface area contributed by atoms with Crippen LogP contribution < -0.4 is 0 Å². The maximum absolute atomic E-state index is 12.6. The van der Waals surface area contributed by atoms with E-state index in [2.05, 4.69) is 33.9 Å². The summed E-state index contributed by atoms with van der Waals surface area (Å²) in [7, 11) is -4.43. The fourth-order valence-corrected chi connectivity index (χ4v) is 6.00. The molecule has 0 bridgehead atoms. The highest BCUT2D eigenvalue weighted by molar-refractivity contribution is 7.08. The Kier molecular flexibility index (Phi) is 9.03. The summed E-state index contributed by atoms with van der Waals surface area (Å²) in [6, 6.07) is 10.2. The van der Waals surface area contributed by atoms with Gasteiger partial charge in [0.25, 0.3) is 5.69 Å². The van der Waals surface area contributed by atoms with E-state index in [0.29, 0.717) is 5.56 Å². The molecule has 2 aromatic carbocycles. The number of carbonyl (C=O) groups is 2. The van der Waals surface area contributed by atoms with Gasteiger partial charge >= 0.3 is 0 Å². The Hall–Kier alpha value is -2.79. The Balaban J connectivity index is 0.000000355. The second-order valence-electron chi connectivity index (χ2n) is 11.9. The second-order valence-corrected chi connectivity index (χ2v) is 22.3. The van der Waals surface area contributed by atoms with Gasteiger partial charge in [0.15, 0.2) is 0 Å². The van der Waals surface area contributed by atoms with Crippen molar-refractivity contribution in [1.29, 1.82) is 0 Å². The highest BCUT2D eigenvalue weighted by atomic mass is 28.3. The molecule has 0 saturated heterocycles. The standard InChI is InChI=1S/C13H19NO4Si.C13H20O2Si/c1-13(2,3)19(4,5)12(16)10-8-9(15)6-7-11(10)14(17)18;1-13(2,3)16(4,5)12(15)10-7-6-8-11(14)9-10/h6-8,15H,1-5H3;6-9,14H,1-5H3. The zero-order valence-corrected chi connectivity index (χ0v) is 24.5. The third kappa shape index (κ3) is 6.88. The first-order valence-corrected chi connectivity index (χ1v) is 17.5. The molecule has 35 heavy (non-hydrogen) atoms. The fraction of sp³-hybridized carbons (Fsp3) is 0.462. The molecule has 0 unspecified atom stereocenters. The number of nitro benzene ring substituents is 1. The van der Waals surface area contributed by atoms with Crippen LogP contribution in [0.25, 0.3) is 0 Å². The molecule has 0 amide bonds. The van der Waals surface area contributed by atoms with E-state index in [1.54, 1.807) is 24.3 Å². The minimum atomic E-state index is -2.40. The summed E-state index contributed by atoms with van der Waals surface area (Å²) in [5.74, 6) is 0.0252. The summed E-state index contributed by atoms with van der Waals surface area (Å²) in [6.07, 6.45) is 0. The third-order valence-corrected chi connectivity index (χ3v) is 17.7. The smallest absolute Gasteiger partial charge is 0.279 e. The molecule has 0 aliphatic rings. The normalized spacial score (nSPS) is 12.4. The van der Waals surface area contributed by atoms with E-state index in [-0.39, 0.29) is 43.6 Å². The summed E-state index contributed by atoms with van der Waals surface area (Å²) in [6.45, 7) is 20.2. The van der Waals surface area contributed by atoms with E-state index in [1.807, 2.05) is 33.9 Å². The molecule has 0 atom stereocenters. The number of phenols is 2. The average Bonchev–Trinajstić information content (AvgIpc) is 2.71. The number of nitro groups is 1. The summed E-state index contributed by atoms with van der Waals surface area (Å²) in [5.41, 5.74) is 0.399. The van der Waals surface area contributed by atoms with Gasteiger partial charge < -0.3 is 15.0 Å². The molecule has 0 radical (unpaired) electrons. The lowest BCUT2D eigenvalue weighted by atomic mass is 10.2. The number of hydrogen-bond donors (Lipinski definition) is 2. The van der Waals surface area contributed by atoms with Crippen LogP contribution in [0.1, 0.15) is 62.3 Å². The molecule has 9 heteroatoms. The lowest BCUT2D eigenvalue weighted by Crippen LogP contribution is -2.46. The van der Waals surface area contributed by atoms with Crippen LogP contribution in [-0.4, -0.2) is 42.1 Å². The van der Waals surface area contributed by atoms with Gasteiger partial charge in [-0.15, -0.1) is 0 Å². The van der Waals surface area contributed by atoms with Crippen LogP contribution in [0.3, 0.4) is 0 Å². The van der Waals surface area contributed by atoms with Gasteiger partial charge in [0.05, 0.1) is 10.5 Å². The van der Waals surface area contributed by atoms with E-state index >= 15 is 0 Å². The van der Waals surface area contributed by atoms with Crippen LogP contribution in [0.4, 0.5) is 5.69 Å². The topological polar surface area (TPSA) is 118 Å². The van der Waals surface area contributed by atoms with Gasteiger partial charge in [-0.1, -0.05) is 79.9 Å². The summed E-state index contributed by atoms with van der Waals surface area (Å²) in [5, 5.41) is 29.7. The van der Waals surface area contributed by atoms with Crippen molar-refractivity contribution in [3.8, 4) is 11.5 Å². The number of carbonyl (C=O) groups excluding carboxylic acids is 2. The summed E-state index contributed by atoms with van der Waals surface area (Å²) < 4.78 is 0. The van der Waals surface area contributed by atoms with Crippen molar-refractivity contribution in [3.05, 3.63) is 63.7 Å². The first kappa shape index (κ1) is 30.2. The number of nitrogens with zero attached hydrogens (tertiary/aromatic N) is 1. The predicted molar refractivity (Wildman–Crippen MR) is 146 cm³/mol. The maximum atomic E-state index is 12.6. The first-order chi connectivity index (χ1) is 15.6. The van der Waals surface area contributed by atoms with E-state index in [4.69, 9.17) is 0 Å². The summed E-state index contributed by atoms with van der Waals surface area (Å²) in [4.78, 5) is 35.5. The Morgan fingerprint density at radius 2 is 1.23 bits per heavy atom. The van der Waals surface area contributed by atoms with Crippen LogP contribution in [0, 0.1) is 10.1 Å². The van der Waals surface area contributed by atoms with Gasteiger partial charge in [0, 0.05) is 11.6 Å². The number of phenolic OH excluding ortho intramolecular Hbond substituents is 2. The molecule has 0 aromatic heterocycles. The Bertz CT molecular complexity index is 1110. The van der Waals surface area contributed by atoms with E-state index in [9.17, 15) is 29.9 Å². The number of hydrogen-bond acceptors (Lipinski definition) is 6. The quantitative estimate of drug-likeness (QED) is 0.247. The van der Waals surface area contributed by atoms with Crippen molar-refractivity contribution in [2.75, 3.05) is 0 Å². The van der Waals surface area contributed by atoms with Crippen LogP contribution in [0.5, 0.6) is 11.5 Å². The number of aromatic hydroxyl groups is 2. The molecular weight excluding hydrogens is 478 g/mol. The highest BCUT2D eigenvalue weighted by Crippen LogP contribution is 2.40. The number of rotatable bonds is 5. The van der Waals surface area contributed by atoms with Crippen LogP contribution in [0.15, 0.2) is 42.5 Å². The lowest BCUT2D eigenvalue weighted by Gasteiger charge is -2.35. The van der Waals surface area contributed by atoms with E-state index < -0.39 is 21.1 Å². The lowest BCUT2D eigenvalue weighted by molar-refractivity contribution is -0.385. The average molecular weight is 518 g/mol. The predicted octanol–water partition coefficient (Wildman–Crippen LogP) is 7.15. The molecule has 192 valence electrons. The van der Waals surface area contributed by atoms with Crippen molar-refractivity contribution in [1.82, 2.24) is 0 Å². The molecule has 0 aliphatic heterocycles. The maximum Gasteiger partial charge on any atom is 0.279 e. The SMILES string of the molecule is CC(C)(C)[Si](C)(C)C(=O)c1cc(O)ccc1[N+](=O)[O-].CC(C)(C)[Si](C)(C)C(=O)c1cccc(O)c1.